The molecule has 2 aliphatic heterocycles. The topological polar surface area (TPSA) is 173 Å². The van der Waals surface area contributed by atoms with Gasteiger partial charge in [0.1, 0.15) is 0 Å². The van der Waals surface area contributed by atoms with Gasteiger partial charge in [-0.1, -0.05) is 84.9 Å². The van der Waals surface area contributed by atoms with Crippen molar-refractivity contribution >= 4 is 43.6 Å². The molecule has 0 saturated carbocycles. The van der Waals surface area contributed by atoms with E-state index in [1.807, 2.05) is 0 Å². The molecule has 3 aromatic carbocycles. The molecule has 3 aromatic rings. The van der Waals surface area contributed by atoms with Crippen molar-refractivity contribution < 1.29 is 55.0 Å². The van der Waals surface area contributed by atoms with Crippen LogP contribution >= 0.6 is 0 Å². The van der Waals surface area contributed by atoms with Crippen LogP contribution in [0.15, 0.2) is 84.9 Å². The summed E-state index contributed by atoms with van der Waals surface area (Å²) >= 11 is 0. The fourth-order valence-electron chi connectivity index (χ4n) is 7.91. The molecule has 0 spiro atoms. The summed E-state index contributed by atoms with van der Waals surface area (Å²) in [6.07, 6.45) is 0. The van der Waals surface area contributed by atoms with E-state index in [-0.39, 0.29) is 11.1 Å². The molecule has 2 aliphatic rings. The normalized spacial score (nSPS) is 24.6. The van der Waals surface area contributed by atoms with Gasteiger partial charge in [-0.25, -0.2) is 16.8 Å². The Bertz CT molecular complexity index is 1800. The number of carbonyl (C=O) groups excluding carboxylic acids is 4. The van der Waals surface area contributed by atoms with Gasteiger partial charge in [0, 0.05) is 23.7 Å². The third-order valence-electron chi connectivity index (χ3n) is 10.1. The number of ether oxygens (including phenoxy) is 4. The molecule has 0 N–H and O–H groups in total. The second-order valence-corrected chi connectivity index (χ2v) is 16.9. The van der Waals surface area contributed by atoms with Crippen molar-refractivity contribution in [1.82, 2.24) is 0 Å². The first-order valence-corrected chi connectivity index (χ1v) is 19.3. The highest BCUT2D eigenvalue weighted by Crippen LogP contribution is 2.56. The minimum atomic E-state index is -3.88. The SMILES string of the molecule is COC(=O)C1(C(=O)OC)C(c2ccccc2)CS(=O)(=O)CC1c1ccc([C@H]2CS(=O)(=O)C[C@@H](c3ccccc3)C2(C(=O)OC)C(=O)OC)cc1. The van der Waals surface area contributed by atoms with Crippen molar-refractivity contribution in [1.29, 1.82) is 0 Å². The average Bonchev–Trinajstić information content (AvgIpc) is 3.13. The van der Waals surface area contributed by atoms with E-state index < -0.39 is 101 Å². The minimum Gasteiger partial charge on any atom is -0.468 e. The average molecular weight is 727 g/mol. The summed E-state index contributed by atoms with van der Waals surface area (Å²) in [5, 5.41) is 0. The molecular weight excluding hydrogens is 689 g/mol. The lowest BCUT2D eigenvalue weighted by molar-refractivity contribution is -0.174. The third-order valence-corrected chi connectivity index (χ3v) is 13.5. The molecule has 50 heavy (non-hydrogen) atoms. The van der Waals surface area contributed by atoms with Crippen LogP contribution in [0.25, 0.3) is 0 Å². The van der Waals surface area contributed by atoms with Crippen LogP contribution in [0.5, 0.6) is 0 Å². The van der Waals surface area contributed by atoms with Crippen molar-refractivity contribution in [2.75, 3.05) is 51.5 Å². The quantitative estimate of drug-likeness (QED) is 0.189. The highest BCUT2D eigenvalue weighted by molar-refractivity contribution is 7.91. The lowest BCUT2D eigenvalue weighted by Crippen LogP contribution is -2.57. The van der Waals surface area contributed by atoms with E-state index in [4.69, 9.17) is 18.9 Å². The number of sulfone groups is 2. The second kappa shape index (κ2) is 14.0. The van der Waals surface area contributed by atoms with Crippen LogP contribution in [0.2, 0.25) is 0 Å². The van der Waals surface area contributed by atoms with Crippen molar-refractivity contribution in [3.8, 4) is 0 Å². The Hall–Kier alpha value is -4.56. The lowest BCUT2D eigenvalue weighted by atomic mass is 9.61. The van der Waals surface area contributed by atoms with Gasteiger partial charge in [-0.15, -0.1) is 0 Å². The predicted molar refractivity (Wildman–Crippen MR) is 181 cm³/mol. The van der Waals surface area contributed by atoms with Crippen LogP contribution in [0.4, 0.5) is 0 Å². The smallest absolute Gasteiger partial charge is 0.324 e. The largest absolute Gasteiger partial charge is 0.468 e. The van der Waals surface area contributed by atoms with Gasteiger partial charge in [0.25, 0.3) is 0 Å². The third kappa shape index (κ3) is 6.08. The van der Waals surface area contributed by atoms with Gasteiger partial charge in [-0.2, -0.15) is 0 Å². The second-order valence-electron chi connectivity index (χ2n) is 12.6. The van der Waals surface area contributed by atoms with Crippen LogP contribution in [0.3, 0.4) is 0 Å². The predicted octanol–water partition coefficient (Wildman–Crippen LogP) is 2.94. The van der Waals surface area contributed by atoms with E-state index in [9.17, 15) is 36.0 Å². The summed E-state index contributed by atoms with van der Waals surface area (Å²) in [6.45, 7) is 0. The van der Waals surface area contributed by atoms with Crippen LogP contribution in [0, 0.1) is 10.8 Å². The number of carbonyl (C=O) groups is 4. The Balaban J connectivity index is 1.73. The Labute approximate surface area is 290 Å². The number of benzene rings is 3. The minimum absolute atomic E-state index is 0.230. The van der Waals surface area contributed by atoms with E-state index in [1.54, 1.807) is 60.7 Å². The maximum Gasteiger partial charge on any atom is 0.324 e. The first kappa shape index (κ1) is 36.7. The lowest BCUT2D eigenvalue weighted by Gasteiger charge is -2.46. The maximum absolute atomic E-state index is 13.8. The molecule has 0 aromatic heterocycles. The summed E-state index contributed by atoms with van der Waals surface area (Å²) in [5.41, 5.74) is -2.98. The van der Waals surface area contributed by atoms with E-state index >= 15 is 0 Å². The first-order valence-electron chi connectivity index (χ1n) is 15.7. The number of esters is 4. The zero-order valence-electron chi connectivity index (χ0n) is 27.9. The summed E-state index contributed by atoms with van der Waals surface area (Å²) in [4.78, 5) is 55.4. The summed E-state index contributed by atoms with van der Waals surface area (Å²) in [6, 6.07) is 22.4. The van der Waals surface area contributed by atoms with Gasteiger partial charge in [-0.05, 0) is 22.3 Å². The van der Waals surface area contributed by atoms with Crippen molar-refractivity contribution in [3.05, 3.63) is 107 Å². The summed E-state index contributed by atoms with van der Waals surface area (Å²) < 4.78 is 74.8. The number of hydrogen-bond donors (Lipinski definition) is 0. The molecule has 2 fully saturated rings. The molecule has 4 atom stereocenters. The zero-order chi connectivity index (χ0) is 36.5. The standard InChI is InChI=1S/C36H38O12S2/c1-45-31(37)35(32(38)46-2)27(23-11-7-5-8-12-23)19-49(41,42)21-29(35)25-15-17-26(18-16-25)30-22-50(43,44)20-28(24-13-9-6-10-14-24)36(30,33(39)47-3)34(40)48-4/h5-18,27-30H,19-22H2,1-4H3/t27-,28?,29+,30?/m0/s1. The number of hydrogen-bond acceptors (Lipinski definition) is 12. The Morgan fingerprint density at radius 2 is 0.660 bits per heavy atom. The van der Waals surface area contributed by atoms with Gasteiger partial charge in [0.15, 0.2) is 30.5 Å². The maximum atomic E-state index is 13.8. The molecule has 0 amide bonds. The molecule has 0 bridgehead atoms. The van der Waals surface area contributed by atoms with E-state index in [0.29, 0.717) is 11.1 Å². The molecule has 2 saturated heterocycles. The molecule has 14 heteroatoms. The van der Waals surface area contributed by atoms with Crippen LogP contribution in [-0.4, -0.2) is 92.2 Å². The van der Waals surface area contributed by atoms with Crippen molar-refractivity contribution in [3.63, 3.8) is 0 Å². The fraction of sp³-hybridized carbons (Fsp3) is 0.389. The molecule has 12 nitrogen and oxygen atoms in total. The Morgan fingerprint density at radius 3 is 0.880 bits per heavy atom. The molecule has 2 unspecified atom stereocenters. The van der Waals surface area contributed by atoms with Crippen LogP contribution in [0.1, 0.15) is 45.9 Å². The summed E-state index contributed by atoms with van der Waals surface area (Å²) in [7, 11) is -3.36. The highest BCUT2D eigenvalue weighted by atomic mass is 32.2. The van der Waals surface area contributed by atoms with Gasteiger partial charge < -0.3 is 18.9 Å². The Kier molecular flexibility index (Phi) is 10.3. The van der Waals surface area contributed by atoms with Crippen LogP contribution < -0.4 is 0 Å². The number of methoxy groups -OCH3 is 4. The van der Waals surface area contributed by atoms with E-state index in [2.05, 4.69) is 0 Å². The molecule has 2 heterocycles. The van der Waals surface area contributed by atoms with Crippen LogP contribution in [-0.2, 0) is 57.8 Å². The first-order chi connectivity index (χ1) is 23.7. The molecule has 266 valence electrons. The van der Waals surface area contributed by atoms with Gasteiger partial charge in [-0.3, -0.25) is 19.2 Å². The van der Waals surface area contributed by atoms with E-state index in [1.165, 1.54) is 24.3 Å². The van der Waals surface area contributed by atoms with Gasteiger partial charge >= 0.3 is 23.9 Å². The molecule has 0 aliphatic carbocycles. The van der Waals surface area contributed by atoms with Gasteiger partial charge in [0.2, 0.25) is 0 Å². The molecule has 0 radical (unpaired) electrons. The van der Waals surface area contributed by atoms with Crippen molar-refractivity contribution in [2.24, 2.45) is 10.8 Å². The zero-order valence-corrected chi connectivity index (χ0v) is 29.6. The van der Waals surface area contributed by atoms with Crippen molar-refractivity contribution in [2.45, 2.75) is 23.7 Å². The van der Waals surface area contributed by atoms with Gasteiger partial charge in [0.05, 0.1) is 51.5 Å². The highest BCUT2D eigenvalue weighted by Gasteiger charge is 2.66. The molecular formula is C36H38O12S2. The summed E-state index contributed by atoms with van der Waals surface area (Å²) in [5.74, 6) is -11.2. The number of rotatable bonds is 8. The fourth-order valence-corrected chi connectivity index (χ4v) is 12.0. The monoisotopic (exact) mass is 726 g/mol. The van der Waals surface area contributed by atoms with E-state index in [0.717, 1.165) is 28.4 Å². The Morgan fingerprint density at radius 1 is 0.440 bits per heavy atom. The molecule has 5 rings (SSSR count).